The highest BCUT2D eigenvalue weighted by molar-refractivity contribution is 5.76. The van der Waals surface area contributed by atoms with Crippen molar-refractivity contribution in [2.45, 2.75) is 58.4 Å². The molecular weight excluding hydrogens is 426 g/mol. The third-order valence-corrected chi connectivity index (χ3v) is 5.39. The van der Waals surface area contributed by atoms with Crippen molar-refractivity contribution in [1.82, 2.24) is 30.7 Å². The first kappa shape index (κ1) is 22.6. The molecule has 174 valence electrons. The number of halogens is 2. The second-order valence-corrected chi connectivity index (χ2v) is 7.96. The highest BCUT2D eigenvalue weighted by atomic mass is 19.3. The molecule has 0 unspecified atom stereocenters. The number of hydrazine groups is 2. The molecule has 0 aliphatic carbocycles. The summed E-state index contributed by atoms with van der Waals surface area (Å²) in [5.41, 5.74) is 9.30. The van der Waals surface area contributed by atoms with Gasteiger partial charge in [-0.2, -0.15) is 19.4 Å². The van der Waals surface area contributed by atoms with Crippen molar-refractivity contribution in [3.05, 3.63) is 59.8 Å². The van der Waals surface area contributed by atoms with Crippen LogP contribution in [-0.4, -0.2) is 26.1 Å². The first-order chi connectivity index (χ1) is 16.0. The summed E-state index contributed by atoms with van der Waals surface area (Å²) < 4.78 is 30.5. The summed E-state index contributed by atoms with van der Waals surface area (Å²) in [6.45, 7) is 4.18. The monoisotopic (exact) mass is 454 g/mol. The smallest absolute Gasteiger partial charge is 0.266 e. The Morgan fingerprint density at radius 2 is 1.88 bits per heavy atom. The Labute approximate surface area is 191 Å². The SMILES string of the molecule is CCCCc1nc(C(F)(F)CCC)nn1Cc1ccc(-c2ncccc2N2NC=NN2)cc1. The number of rotatable bonds is 10. The Bertz CT molecular complexity index is 1090. The number of pyridine rings is 1. The Kier molecular flexibility index (Phi) is 6.81. The highest BCUT2D eigenvalue weighted by Crippen LogP contribution is 2.31. The van der Waals surface area contributed by atoms with Crippen molar-refractivity contribution in [2.24, 2.45) is 5.10 Å². The van der Waals surface area contributed by atoms with Crippen LogP contribution < -0.4 is 16.1 Å². The molecule has 1 aliphatic heterocycles. The quantitative estimate of drug-likeness (QED) is 0.473. The fraction of sp³-hybridized carbons (Fsp3) is 0.391. The van der Waals surface area contributed by atoms with E-state index in [9.17, 15) is 8.78 Å². The maximum atomic E-state index is 14.4. The third kappa shape index (κ3) is 5.10. The Hall–Kier alpha value is -3.56. The summed E-state index contributed by atoms with van der Waals surface area (Å²) in [4.78, 5) is 8.73. The minimum absolute atomic E-state index is 0.253. The van der Waals surface area contributed by atoms with Gasteiger partial charge in [-0.05, 0) is 30.5 Å². The van der Waals surface area contributed by atoms with Crippen molar-refractivity contribution in [2.75, 3.05) is 5.12 Å². The minimum atomic E-state index is -3.01. The van der Waals surface area contributed by atoms with Crippen LogP contribution >= 0.6 is 0 Å². The number of unbranched alkanes of at least 4 members (excludes halogenated alkanes) is 1. The first-order valence-electron chi connectivity index (χ1n) is 11.2. The van der Waals surface area contributed by atoms with Crippen LogP contribution in [0.2, 0.25) is 0 Å². The molecule has 0 bridgehead atoms. The standard InChI is InChI=1S/C23H28F2N8/c1-3-5-8-20-29-22(23(24,25)13-4-2)30-32(20)15-17-9-11-18(12-10-17)21-19(7-6-14-26-21)33-28-16-27-31-33/h6-7,9-12,14,16,31H,3-5,8,13,15H2,1-2H3,(H,27,28). The third-order valence-electron chi connectivity index (χ3n) is 5.39. The van der Waals surface area contributed by atoms with E-state index in [4.69, 9.17) is 0 Å². The van der Waals surface area contributed by atoms with E-state index in [0.717, 1.165) is 35.3 Å². The van der Waals surface area contributed by atoms with Gasteiger partial charge in [0.05, 0.1) is 12.2 Å². The molecule has 0 atom stereocenters. The van der Waals surface area contributed by atoms with Crippen LogP contribution in [0, 0.1) is 0 Å². The number of nitrogens with zero attached hydrogens (tertiary/aromatic N) is 6. The lowest BCUT2D eigenvalue weighted by Gasteiger charge is -2.19. The van der Waals surface area contributed by atoms with Gasteiger partial charge in [0.25, 0.3) is 0 Å². The molecule has 3 heterocycles. The lowest BCUT2D eigenvalue weighted by atomic mass is 10.1. The lowest BCUT2D eigenvalue weighted by Crippen LogP contribution is -2.39. The number of aryl methyl sites for hydroxylation is 1. The van der Waals surface area contributed by atoms with Gasteiger partial charge < -0.3 is 0 Å². The molecule has 1 aliphatic rings. The minimum Gasteiger partial charge on any atom is -0.266 e. The summed E-state index contributed by atoms with van der Waals surface area (Å²) >= 11 is 0. The number of alkyl halides is 2. The average Bonchev–Trinajstić information content (AvgIpc) is 3.49. The van der Waals surface area contributed by atoms with E-state index in [2.05, 4.69) is 38.1 Å². The molecule has 2 aromatic heterocycles. The summed E-state index contributed by atoms with van der Waals surface area (Å²) in [6, 6.07) is 11.6. The zero-order valence-corrected chi connectivity index (χ0v) is 18.8. The van der Waals surface area contributed by atoms with Gasteiger partial charge in [-0.25, -0.2) is 9.67 Å². The fourth-order valence-corrected chi connectivity index (χ4v) is 3.67. The molecule has 8 nitrogen and oxygen atoms in total. The van der Waals surface area contributed by atoms with Crippen molar-refractivity contribution in [1.29, 1.82) is 0 Å². The molecule has 0 radical (unpaired) electrons. The second-order valence-electron chi connectivity index (χ2n) is 7.96. The van der Waals surface area contributed by atoms with Crippen LogP contribution in [0.15, 0.2) is 47.7 Å². The molecule has 0 spiro atoms. The van der Waals surface area contributed by atoms with Gasteiger partial charge in [0, 0.05) is 24.6 Å². The molecule has 0 amide bonds. The molecule has 0 saturated heterocycles. The van der Waals surface area contributed by atoms with E-state index in [1.165, 1.54) is 0 Å². The lowest BCUT2D eigenvalue weighted by molar-refractivity contribution is -0.0232. The second kappa shape index (κ2) is 9.93. The van der Waals surface area contributed by atoms with E-state index in [-0.39, 0.29) is 12.2 Å². The number of hydrazone groups is 1. The average molecular weight is 455 g/mol. The van der Waals surface area contributed by atoms with E-state index >= 15 is 0 Å². The summed E-state index contributed by atoms with van der Waals surface area (Å²) in [7, 11) is 0. The molecule has 4 rings (SSSR count). The molecule has 0 saturated carbocycles. The van der Waals surface area contributed by atoms with Gasteiger partial charge in [0.15, 0.2) is 0 Å². The maximum absolute atomic E-state index is 14.4. The molecule has 33 heavy (non-hydrogen) atoms. The Morgan fingerprint density at radius 3 is 2.58 bits per heavy atom. The molecule has 1 aromatic carbocycles. The fourth-order valence-electron chi connectivity index (χ4n) is 3.67. The normalized spacial score (nSPS) is 13.3. The van der Waals surface area contributed by atoms with Crippen LogP contribution in [0.1, 0.15) is 56.7 Å². The highest BCUT2D eigenvalue weighted by Gasteiger charge is 2.36. The predicted molar refractivity (Wildman–Crippen MR) is 123 cm³/mol. The van der Waals surface area contributed by atoms with Gasteiger partial charge in [0.2, 0.25) is 5.82 Å². The summed E-state index contributed by atoms with van der Waals surface area (Å²) in [5, 5.41) is 9.81. The zero-order valence-electron chi connectivity index (χ0n) is 18.8. The van der Waals surface area contributed by atoms with E-state index < -0.39 is 5.92 Å². The number of aromatic nitrogens is 4. The topological polar surface area (TPSA) is 83.3 Å². The van der Waals surface area contributed by atoms with Crippen molar-refractivity contribution < 1.29 is 8.78 Å². The molecular formula is C23H28F2N8. The molecule has 3 aromatic rings. The zero-order chi connectivity index (χ0) is 23.3. The van der Waals surface area contributed by atoms with E-state index in [0.29, 0.717) is 25.2 Å². The van der Waals surface area contributed by atoms with Gasteiger partial charge in [-0.3, -0.25) is 10.4 Å². The van der Waals surface area contributed by atoms with Gasteiger partial charge in [-0.1, -0.05) is 44.5 Å². The number of benzene rings is 1. The van der Waals surface area contributed by atoms with Crippen LogP contribution in [-0.2, 0) is 18.9 Å². The van der Waals surface area contributed by atoms with Crippen LogP contribution in [0.25, 0.3) is 11.3 Å². The largest absolute Gasteiger partial charge is 0.308 e. The van der Waals surface area contributed by atoms with Crippen LogP contribution in [0.5, 0.6) is 0 Å². The predicted octanol–water partition coefficient (Wildman–Crippen LogP) is 4.40. The number of hydrogen-bond acceptors (Lipinski definition) is 7. The van der Waals surface area contributed by atoms with Crippen molar-refractivity contribution in [3.63, 3.8) is 0 Å². The van der Waals surface area contributed by atoms with Gasteiger partial charge >= 0.3 is 5.92 Å². The van der Waals surface area contributed by atoms with Gasteiger partial charge in [0.1, 0.15) is 17.9 Å². The van der Waals surface area contributed by atoms with E-state index in [1.807, 2.05) is 36.4 Å². The van der Waals surface area contributed by atoms with Crippen molar-refractivity contribution >= 4 is 12.0 Å². The molecule has 0 fully saturated rings. The number of nitrogens with one attached hydrogen (secondary N) is 2. The van der Waals surface area contributed by atoms with Crippen LogP contribution in [0.4, 0.5) is 14.5 Å². The summed E-state index contributed by atoms with van der Waals surface area (Å²) in [6.07, 6.45) is 5.86. The first-order valence-corrected chi connectivity index (χ1v) is 11.2. The number of hydrogen-bond donors (Lipinski definition) is 2. The van der Waals surface area contributed by atoms with E-state index in [1.54, 1.807) is 29.3 Å². The van der Waals surface area contributed by atoms with Crippen molar-refractivity contribution in [3.8, 4) is 11.3 Å². The Balaban J connectivity index is 1.57. The molecule has 2 N–H and O–H groups in total. The van der Waals surface area contributed by atoms with Gasteiger partial charge in [-0.15, -0.1) is 10.2 Å². The van der Waals surface area contributed by atoms with Crippen LogP contribution in [0.3, 0.4) is 0 Å². The molecule has 10 heteroatoms. The summed E-state index contributed by atoms with van der Waals surface area (Å²) in [5.74, 6) is -2.79. The number of anilines is 1. The Morgan fingerprint density at radius 1 is 1.06 bits per heavy atom. The maximum Gasteiger partial charge on any atom is 0.308 e.